The Morgan fingerprint density at radius 3 is 0.455 bits per heavy atom. The zero-order valence-corrected chi connectivity index (χ0v) is 6.76. The van der Waals surface area contributed by atoms with Crippen molar-refractivity contribution in [3.05, 3.63) is 0 Å². The van der Waals surface area contributed by atoms with Crippen LogP contribution in [-0.2, 0) is 31.2 Å². The van der Waals surface area contributed by atoms with Gasteiger partial charge in [0.25, 0.3) is 0 Å². The van der Waals surface area contributed by atoms with Gasteiger partial charge < -0.3 is 27.4 Å². The minimum atomic E-state index is -1.56. The number of hydrogen-bond donors (Lipinski definition) is 0. The summed E-state index contributed by atoms with van der Waals surface area (Å²) in [4.78, 5) is 0. The third-order valence-corrected chi connectivity index (χ3v) is 0. The summed E-state index contributed by atoms with van der Waals surface area (Å²) >= 11 is -3.12. The van der Waals surface area contributed by atoms with E-state index in [2.05, 4.69) is 0 Å². The summed E-state index contributed by atoms with van der Waals surface area (Å²) in [5.74, 6) is 0. The number of hydrogen-bond acceptors (Lipinski definition) is 0. The Hall–Kier alpha value is 0.533. The summed E-state index contributed by atoms with van der Waals surface area (Å²) in [6, 6.07) is 0. The predicted molar refractivity (Wildman–Crippen MR) is 22.5 cm³/mol. The van der Waals surface area contributed by atoms with Crippen molar-refractivity contribution in [1.29, 1.82) is 0 Å². The van der Waals surface area contributed by atoms with E-state index in [0.29, 0.717) is 0 Å². The standard InChI is InChI=1S/2Co.4FH.5H2O/h;;4*1H;5*1H2/q2*+2;;;;;;;;;/p-4. The van der Waals surface area contributed by atoms with Gasteiger partial charge in [-0.05, 0) is 0 Å². The second kappa shape index (κ2) is 149. The fraction of sp³-hybridized carbons (Fsp3) is 0. The van der Waals surface area contributed by atoms with E-state index in [1.165, 1.54) is 0 Å². The summed E-state index contributed by atoms with van der Waals surface area (Å²) < 4.78 is 38.4. The number of halogens is 4. The summed E-state index contributed by atoms with van der Waals surface area (Å²) in [6.45, 7) is 0. The van der Waals surface area contributed by atoms with Gasteiger partial charge in [0.1, 0.15) is 0 Å². The Kier molecular flexibility index (Phi) is 845. The van der Waals surface area contributed by atoms with E-state index in [1.807, 2.05) is 0 Å². The molecule has 10 N–H and O–H groups in total. The van der Waals surface area contributed by atoms with Crippen LogP contribution in [0.25, 0.3) is 0 Å². The van der Waals surface area contributed by atoms with Crippen molar-refractivity contribution in [1.82, 2.24) is 0 Å². The van der Waals surface area contributed by atoms with Crippen molar-refractivity contribution in [2.75, 3.05) is 0 Å². The van der Waals surface area contributed by atoms with Crippen molar-refractivity contribution in [2.24, 2.45) is 0 Å². The maximum atomic E-state index is 9.59. The summed E-state index contributed by atoms with van der Waals surface area (Å²) in [5, 5.41) is 0. The van der Waals surface area contributed by atoms with Crippen LogP contribution in [0.2, 0.25) is 0 Å². The first-order valence-electron chi connectivity index (χ1n) is 0.504. The molecule has 0 rings (SSSR count). The van der Waals surface area contributed by atoms with E-state index in [-0.39, 0.29) is 27.4 Å². The van der Waals surface area contributed by atoms with Gasteiger partial charge in [0.15, 0.2) is 0 Å². The molecular formula is H10Co2F4O5. The topological polar surface area (TPSA) is 158 Å². The maximum absolute atomic E-state index is 9.59. The Morgan fingerprint density at radius 1 is 0.455 bits per heavy atom. The molecule has 11 heavy (non-hydrogen) atoms. The van der Waals surface area contributed by atoms with Crippen molar-refractivity contribution < 1.29 is 72.9 Å². The fourth-order valence-corrected chi connectivity index (χ4v) is 0. The van der Waals surface area contributed by atoms with Gasteiger partial charge in [-0.25, -0.2) is 0 Å². The van der Waals surface area contributed by atoms with Crippen LogP contribution < -0.4 is 0 Å². The molecule has 0 radical (unpaired) electrons. The third kappa shape index (κ3) is 2700. The van der Waals surface area contributed by atoms with Crippen LogP contribution in [0.1, 0.15) is 0 Å². The molecule has 11 heteroatoms. The molecule has 0 fully saturated rings. The molecule has 0 amide bonds. The van der Waals surface area contributed by atoms with E-state index in [9.17, 15) is 14.3 Å². The van der Waals surface area contributed by atoms with Gasteiger partial charge in [-0.15, -0.1) is 0 Å². The first-order valence-corrected chi connectivity index (χ1v) is 2.08. The van der Waals surface area contributed by atoms with Gasteiger partial charge >= 0.3 is 45.5 Å². The molecule has 0 bridgehead atoms. The van der Waals surface area contributed by atoms with Crippen LogP contribution >= 0.6 is 0 Å². The second-order valence-electron chi connectivity index (χ2n) is 0.0952. The van der Waals surface area contributed by atoms with Crippen LogP contribution in [0.5, 0.6) is 0 Å². The average Bonchev–Trinajstić information content (AvgIpc) is 1.39. The monoisotopic (exact) mass is 284 g/mol. The molecule has 0 aliphatic carbocycles. The molecule has 0 aliphatic rings. The molecule has 0 saturated heterocycles. The average molecular weight is 284 g/mol. The minimum absolute atomic E-state index is 0. The van der Waals surface area contributed by atoms with Gasteiger partial charge in [-0.1, -0.05) is 0 Å². The van der Waals surface area contributed by atoms with Gasteiger partial charge in [0.2, 0.25) is 0 Å². The molecule has 5 nitrogen and oxygen atoms in total. The fourth-order valence-electron chi connectivity index (χ4n) is 0. The zero-order chi connectivity index (χ0) is 5.41. The van der Waals surface area contributed by atoms with E-state index < -0.39 is 31.2 Å². The molecule has 0 aliphatic heterocycles. The Labute approximate surface area is 73.5 Å². The zero-order valence-electron chi connectivity index (χ0n) is 4.68. The molecule has 0 unspecified atom stereocenters. The first kappa shape index (κ1) is 62.3. The van der Waals surface area contributed by atoms with Crippen LogP contribution in [0.15, 0.2) is 0 Å². The molecule has 0 saturated carbocycles. The first-order chi connectivity index (χ1) is 2.83. The molecule has 0 aromatic heterocycles. The quantitative estimate of drug-likeness (QED) is 0.432. The second-order valence-corrected chi connectivity index (χ2v) is 0.393. The molecule has 86 valence electrons. The van der Waals surface area contributed by atoms with E-state index >= 15 is 0 Å². The summed E-state index contributed by atoms with van der Waals surface area (Å²) in [7, 11) is 0. The van der Waals surface area contributed by atoms with Crippen LogP contribution in [-0.4, -0.2) is 27.4 Å². The predicted octanol–water partition coefficient (Wildman–Crippen LogP) is -2.45. The van der Waals surface area contributed by atoms with Crippen LogP contribution in [0, 0.1) is 0 Å². The third-order valence-electron chi connectivity index (χ3n) is 0. The van der Waals surface area contributed by atoms with Crippen LogP contribution in [0.3, 0.4) is 0 Å². The van der Waals surface area contributed by atoms with Crippen molar-refractivity contribution in [2.45, 2.75) is 0 Å². The molecular weight excluding hydrogens is 274 g/mol. The van der Waals surface area contributed by atoms with Gasteiger partial charge in [0.05, 0.1) is 0 Å². The molecule has 0 heterocycles. The van der Waals surface area contributed by atoms with Gasteiger partial charge in [0, 0.05) is 0 Å². The molecule has 0 spiro atoms. The molecule has 0 aromatic carbocycles. The van der Waals surface area contributed by atoms with E-state index in [0.717, 1.165) is 0 Å². The Bertz CT molecular complexity index is 18.4. The Balaban J connectivity index is -0.00000000400. The van der Waals surface area contributed by atoms with Crippen LogP contribution in [0.4, 0.5) is 14.3 Å². The summed E-state index contributed by atoms with van der Waals surface area (Å²) in [5.41, 5.74) is 0. The van der Waals surface area contributed by atoms with Crippen molar-refractivity contribution in [3.63, 3.8) is 0 Å². The molecule has 0 atom stereocenters. The molecule has 0 aromatic rings. The normalized spacial score (nSPS) is 4.00. The number of rotatable bonds is 0. The Morgan fingerprint density at radius 2 is 0.455 bits per heavy atom. The van der Waals surface area contributed by atoms with Gasteiger partial charge in [-0.3, -0.25) is 0 Å². The summed E-state index contributed by atoms with van der Waals surface area (Å²) in [6.07, 6.45) is 0. The SMILES string of the molecule is O.O.O.O.O.[F][Co][F].[F][Co][F]. The van der Waals surface area contributed by atoms with Crippen molar-refractivity contribution >= 4 is 0 Å². The van der Waals surface area contributed by atoms with E-state index in [4.69, 9.17) is 0 Å². The van der Waals surface area contributed by atoms with Gasteiger partial charge in [-0.2, -0.15) is 0 Å². The van der Waals surface area contributed by atoms with E-state index in [1.54, 1.807) is 0 Å². The van der Waals surface area contributed by atoms with Crippen molar-refractivity contribution in [3.8, 4) is 0 Å².